The number of rotatable bonds is 3. The third-order valence-corrected chi connectivity index (χ3v) is 2.09. The molecular weight excluding hydrogens is 152 g/mol. The Morgan fingerprint density at radius 3 is 2.64 bits per heavy atom. The average molecular weight is 165 g/mol. The van der Waals surface area contributed by atoms with Gasteiger partial charge in [0.25, 0.3) is 0 Å². The van der Waals surface area contributed by atoms with Crippen LogP contribution in [0.4, 0.5) is 8.78 Å². The SMILES string of the molecule is CNC1CCC(OC(F)F)C1. The molecule has 1 aliphatic rings. The van der Waals surface area contributed by atoms with E-state index in [1.807, 2.05) is 7.05 Å². The summed E-state index contributed by atoms with van der Waals surface area (Å²) in [6.07, 6.45) is 2.15. The molecule has 0 aliphatic heterocycles. The lowest BCUT2D eigenvalue weighted by atomic mass is 10.2. The van der Waals surface area contributed by atoms with Crippen LogP contribution in [0.25, 0.3) is 0 Å². The molecule has 4 heteroatoms. The molecule has 2 nitrogen and oxygen atoms in total. The van der Waals surface area contributed by atoms with E-state index in [1.165, 1.54) is 0 Å². The second-order valence-corrected chi connectivity index (χ2v) is 2.82. The maximum atomic E-state index is 11.7. The van der Waals surface area contributed by atoms with Gasteiger partial charge < -0.3 is 10.1 Å². The maximum absolute atomic E-state index is 11.7. The molecule has 0 saturated heterocycles. The zero-order valence-corrected chi connectivity index (χ0v) is 6.52. The van der Waals surface area contributed by atoms with Crippen molar-refractivity contribution < 1.29 is 13.5 Å². The van der Waals surface area contributed by atoms with E-state index < -0.39 is 6.61 Å². The van der Waals surface area contributed by atoms with E-state index in [-0.39, 0.29) is 6.10 Å². The molecule has 2 atom stereocenters. The zero-order chi connectivity index (χ0) is 8.27. The first-order valence-corrected chi connectivity index (χ1v) is 3.83. The second-order valence-electron chi connectivity index (χ2n) is 2.82. The van der Waals surface area contributed by atoms with Gasteiger partial charge in [0.05, 0.1) is 6.10 Å². The molecule has 1 fully saturated rings. The number of halogens is 2. The van der Waals surface area contributed by atoms with Crippen LogP contribution in [0.1, 0.15) is 19.3 Å². The second kappa shape index (κ2) is 3.97. The van der Waals surface area contributed by atoms with Crippen LogP contribution in [0.15, 0.2) is 0 Å². The highest BCUT2D eigenvalue weighted by Crippen LogP contribution is 2.23. The smallest absolute Gasteiger partial charge is 0.320 e. The molecule has 2 unspecified atom stereocenters. The van der Waals surface area contributed by atoms with Crippen molar-refractivity contribution in [2.24, 2.45) is 0 Å². The molecule has 1 rings (SSSR count). The molecule has 66 valence electrons. The lowest BCUT2D eigenvalue weighted by Gasteiger charge is -2.10. The van der Waals surface area contributed by atoms with E-state index in [0.29, 0.717) is 12.5 Å². The van der Waals surface area contributed by atoms with Crippen LogP contribution in [0.3, 0.4) is 0 Å². The third kappa shape index (κ3) is 2.71. The van der Waals surface area contributed by atoms with E-state index >= 15 is 0 Å². The van der Waals surface area contributed by atoms with Gasteiger partial charge in [-0.05, 0) is 26.3 Å². The van der Waals surface area contributed by atoms with Crippen LogP contribution in [0.2, 0.25) is 0 Å². The van der Waals surface area contributed by atoms with E-state index in [2.05, 4.69) is 10.1 Å². The molecule has 0 aromatic rings. The van der Waals surface area contributed by atoms with Crippen molar-refractivity contribution in [1.82, 2.24) is 5.32 Å². The average Bonchev–Trinajstić information content (AvgIpc) is 2.34. The number of ether oxygens (including phenoxy) is 1. The number of nitrogens with one attached hydrogen (secondary N) is 1. The topological polar surface area (TPSA) is 21.3 Å². The maximum Gasteiger partial charge on any atom is 0.345 e. The Bertz CT molecular complexity index is 121. The predicted octanol–water partition coefficient (Wildman–Crippen LogP) is 1.37. The largest absolute Gasteiger partial charge is 0.345 e. The molecule has 0 heterocycles. The van der Waals surface area contributed by atoms with Crippen LogP contribution in [-0.2, 0) is 4.74 Å². The molecule has 1 aliphatic carbocycles. The Hall–Kier alpha value is -0.220. The van der Waals surface area contributed by atoms with Crippen LogP contribution in [-0.4, -0.2) is 25.8 Å². The van der Waals surface area contributed by atoms with E-state index in [9.17, 15) is 8.78 Å². The molecule has 11 heavy (non-hydrogen) atoms. The zero-order valence-electron chi connectivity index (χ0n) is 6.52. The van der Waals surface area contributed by atoms with Crippen molar-refractivity contribution >= 4 is 0 Å². The van der Waals surface area contributed by atoms with Gasteiger partial charge in [-0.25, -0.2) is 0 Å². The number of alkyl halides is 2. The molecule has 0 aromatic carbocycles. The minimum Gasteiger partial charge on any atom is -0.320 e. The summed E-state index contributed by atoms with van der Waals surface area (Å²) in [5, 5.41) is 3.04. The van der Waals surface area contributed by atoms with E-state index in [0.717, 1.165) is 12.8 Å². The Kier molecular flexibility index (Phi) is 3.20. The van der Waals surface area contributed by atoms with E-state index in [4.69, 9.17) is 0 Å². The molecule has 1 saturated carbocycles. The first-order chi connectivity index (χ1) is 5.22. The lowest BCUT2D eigenvalue weighted by molar-refractivity contribution is -0.160. The summed E-state index contributed by atoms with van der Waals surface area (Å²) in [4.78, 5) is 0. The van der Waals surface area contributed by atoms with Crippen LogP contribution >= 0.6 is 0 Å². The van der Waals surface area contributed by atoms with Crippen molar-refractivity contribution in [3.05, 3.63) is 0 Å². The van der Waals surface area contributed by atoms with Crippen molar-refractivity contribution in [3.8, 4) is 0 Å². The third-order valence-electron chi connectivity index (χ3n) is 2.09. The molecule has 0 spiro atoms. The van der Waals surface area contributed by atoms with Crippen molar-refractivity contribution in [2.75, 3.05) is 7.05 Å². The Labute approximate surface area is 64.9 Å². The van der Waals surface area contributed by atoms with Crippen LogP contribution < -0.4 is 5.32 Å². The fourth-order valence-electron chi connectivity index (χ4n) is 1.47. The van der Waals surface area contributed by atoms with Gasteiger partial charge in [0, 0.05) is 6.04 Å². The van der Waals surface area contributed by atoms with Crippen molar-refractivity contribution in [3.63, 3.8) is 0 Å². The quantitative estimate of drug-likeness (QED) is 0.681. The molecular formula is C7H13F2NO. The van der Waals surface area contributed by atoms with Gasteiger partial charge in [-0.15, -0.1) is 0 Å². The van der Waals surface area contributed by atoms with Crippen LogP contribution in [0.5, 0.6) is 0 Å². The summed E-state index contributed by atoms with van der Waals surface area (Å²) >= 11 is 0. The Morgan fingerprint density at radius 2 is 2.18 bits per heavy atom. The minimum atomic E-state index is -2.62. The summed E-state index contributed by atoms with van der Waals surface area (Å²) in [7, 11) is 1.84. The monoisotopic (exact) mass is 165 g/mol. The van der Waals surface area contributed by atoms with Crippen LogP contribution in [0, 0.1) is 0 Å². The lowest BCUT2D eigenvalue weighted by Crippen LogP contribution is -2.23. The predicted molar refractivity (Wildman–Crippen MR) is 37.6 cm³/mol. The Morgan fingerprint density at radius 1 is 1.45 bits per heavy atom. The molecule has 0 radical (unpaired) electrons. The summed E-state index contributed by atoms with van der Waals surface area (Å²) in [5.41, 5.74) is 0. The van der Waals surface area contributed by atoms with Crippen molar-refractivity contribution in [2.45, 2.75) is 38.0 Å². The highest BCUT2D eigenvalue weighted by molar-refractivity contribution is 4.79. The van der Waals surface area contributed by atoms with E-state index in [1.54, 1.807) is 0 Å². The van der Waals surface area contributed by atoms with Gasteiger partial charge in [0.1, 0.15) is 0 Å². The molecule has 0 amide bonds. The van der Waals surface area contributed by atoms with Gasteiger partial charge in [-0.2, -0.15) is 8.78 Å². The fourth-order valence-corrected chi connectivity index (χ4v) is 1.47. The molecule has 0 aromatic heterocycles. The first kappa shape index (κ1) is 8.87. The number of hydrogen-bond donors (Lipinski definition) is 1. The normalized spacial score (nSPS) is 31.6. The fraction of sp³-hybridized carbons (Fsp3) is 1.00. The van der Waals surface area contributed by atoms with Gasteiger partial charge in [0.2, 0.25) is 0 Å². The first-order valence-electron chi connectivity index (χ1n) is 3.83. The Balaban J connectivity index is 2.19. The molecule has 1 N–H and O–H groups in total. The van der Waals surface area contributed by atoms with Gasteiger partial charge >= 0.3 is 6.61 Å². The standard InChI is InChI=1S/C7H13F2NO/c1-10-5-2-3-6(4-5)11-7(8)9/h5-7,10H,2-4H2,1H3. The highest BCUT2D eigenvalue weighted by Gasteiger charge is 2.26. The summed E-state index contributed by atoms with van der Waals surface area (Å²) < 4.78 is 27.7. The van der Waals surface area contributed by atoms with Gasteiger partial charge in [-0.1, -0.05) is 0 Å². The summed E-state index contributed by atoms with van der Waals surface area (Å²) in [5.74, 6) is 0. The minimum absolute atomic E-state index is 0.243. The van der Waals surface area contributed by atoms with Crippen molar-refractivity contribution in [1.29, 1.82) is 0 Å². The van der Waals surface area contributed by atoms with Gasteiger partial charge in [-0.3, -0.25) is 0 Å². The molecule has 0 bridgehead atoms. The highest BCUT2D eigenvalue weighted by atomic mass is 19.3. The van der Waals surface area contributed by atoms with Gasteiger partial charge in [0.15, 0.2) is 0 Å². The summed E-state index contributed by atoms with van der Waals surface area (Å²) in [6, 6.07) is 0.360. The summed E-state index contributed by atoms with van der Waals surface area (Å²) in [6.45, 7) is -2.62. The number of hydrogen-bond acceptors (Lipinski definition) is 2.